The molecule has 1 aromatic rings. The molecule has 0 aromatic carbocycles. The second kappa shape index (κ2) is 4.14. The molecule has 5 nitrogen and oxygen atoms in total. The second-order valence-electron chi connectivity index (χ2n) is 5.11. The molecule has 0 unspecified atom stereocenters. The first-order valence-corrected chi connectivity index (χ1v) is 6.00. The zero-order chi connectivity index (χ0) is 12.6. The van der Waals surface area contributed by atoms with Gasteiger partial charge in [-0.15, -0.1) is 0 Å². The number of carbonyl (C=O) groups is 1. The van der Waals surface area contributed by atoms with Crippen molar-refractivity contribution in [2.24, 2.45) is 12.8 Å². The number of anilines is 1. The predicted octanol–water partition coefficient (Wildman–Crippen LogP) is 1.25. The standard InChI is InChI=1S/C12H20N4O/c1-8-11(9(2)16(3)15-8)14-10(17)7-12(13)5-4-6-12/h4-7,13H2,1-3H3,(H,14,17). The summed E-state index contributed by atoms with van der Waals surface area (Å²) in [6.45, 7) is 3.83. The fourth-order valence-electron chi connectivity index (χ4n) is 2.27. The van der Waals surface area contributed by atoms with Gasteiger partial charge in [0, 0.05) is 19.0 Å². The van der Waals surface area contributed by atoms with Gasteiger partial charge in [-0.25, -0.2) is 0 Å². The summed E-state index contributed by atoms with van der Waals surface area (Å²) < 4.78 is 1.77. The Hall–Kier alpha value is -1.36. The third-order valence-electron chi connectivity index (χ3n) is 3.64. The van der Waals surface area contributed by atoms with E-state index in [1.807, 2.05) is 20.9 Å². The quantitative estimate of drug-likeness (QED) is 0.829. The van der Waals surface area contributed by atoms with E-state index in [1.54, 1.807) is 4.68 Å². The second-order valence-corrected chi connectivity index (χ2v) is 5.11. The first-order valence-electron chi connectivity index (χ1n) is 6.00. The molecule has 5 heteroatoms. The zero-order valence-electron chi connectivity index (χ0n) is 10.7. The summed E-state index contributed by atoms with van der Waals surface area (Å²) in [5.41, 5.74) is 8.42. The molecule has 1 fully saturated rings. The highest BCUT2D eigenvalue weighted by Gasteiger charge is 2.34. The molecule has 0 radical (unpaired) electrons. The lowest BCUT2D eigenvalue weighted by Crippen LogP contribution is -2.49. The number of hydrogen-bond donors (Lipinski definition) is 2. The summed E-state index contributed by atoms with van der Waals surface area (Å²) in [5, 5.41) is 7.19. The highest BCUT2D eigenvalue weighted by Crippen LogP contribution is 2.32. The van der Waals surface area contributed by atoms with Gasteiger partial charge in [0.2, 0.25) is 5.91 Å². The van der Waals surface area contributed by atoms with Crippen LogP contribution in [0, 0.1) is 13.8 Å². The monoisotopic (exact) mass is 236 g/mol. The van der Waals surface area contributed by atoms with Gasteiger partial charge in [0.1, 0.15) is 0 Å². The van der Waals surface area contributed by atoms with E-state index in [0.717, 1.165) is 36.3 Å². The average molecular weight is 236 g/mol. The lowest BCUT2D eigenvalue weighted by Gasteiger charge is -2.37. The highest BCUT2D eigenvalue weighted by molar-refractivity contribution is 5.92. The van der Waals surface area contributed by atoms with Crippen molar-refractivity contribution >= 4 is 11.6 Å². The fraction of sp³-hybridized carbons (Fsp3) is 0.667. The maximum atomic E-state index is 11.9. The van der Waals surface area contributed by atoms with Gasteiger partial charge in [-0.05, 0) is 33.1 Å². The zero-order valence-corrected chi connectivity index (χ0v) is 10.7. The summed E-state index contributed by atoms with van der Waals surface area (Å²) in [7, 11) is 1.87. The molecular weight excluding hydrogens is 216 g/mol. The fourth-order valence-corrected chi connectivity index (χ4v) is 2.27. The highest BCUT2D eigenvalue weighted by atomic mass is 16.1. The molecule has 0 atom stereocenters. The molecule has 1 aliphatic rings. The van der Waals surface area contributed by atoms with Crippen molar-refractivity contribution in [1.29, 1.82) is 0 Å². The first-order chi connectivity index (χ1) is 7.91. The smallest absolute Gasteiger partial charge is 0.226 e. The average Bonchev–Trinajstić information content (AvgIpc) is 2.43. The normalized spacial score (nSPS) is 17.6. The van der Waals surface area contributed by atoms with Crippen LogP contribution in [0.4, 0.5) is 5.69 Å². The van der Waals surface area contributed by atoms with Crippen LogP contribution in [0.15, 0.2) is 0 Å². The number of hydrogen-bond acceptors (Lipinski definition) is 3. The molecule has 1 heterocycles. The van der Waals surface area contributed by atoms with E-state index in [0.29, 0.717) is 6.42 Å². The molecule has 1 saturated carbocycles. The number of amides is 1. The van der Waals surface area contributed by atoms with Crippen molar-refractivity contribution in [2.45, 2.75) is 45.1 Å². The molecule has 94 valence electrons. The number of nitrogens with one attached hydrogen (secondary N) is 1. The van der Waals surface area contributed by atoms with E-state index in [-0.39, 0.29) is 11.4 Å². The minimum atomic E-state index is -0.270. The molecular formula is C12H20N4O. The number of aryl methyl sites for hydroxylation is 2. The van der Waals surface area contributed by atoms with Crippen LogP contribution < -0.4 is 11.1 Å². The van der Waals surface area contributed by atoms with Crippen LogP contribution in [0.25, 0.3) is 0 Å². The third kappa shape index (κ3) is 2.34. The van der Waals surface area contributed by atoms with Crippen molar-refractivity contribution < 1.29 is 4.79 Å². The van der Waals surface area contributed by atoms with Gasteiger partial charge in [0.25, 0.3) is 0 Å². The lowest BCUT2D eigenvalue weighted by molar-refractivity contribution is -0.118. The van der Waals surface area contributed by atoms with E-state index in [1.165, 1.54) is 0 Å². The van der Waals surface area contributed by atoms with Crippen molar-refractivity contribution in [3.8, 4) is 0 Å². The van der Waals surface area contributed by atoms with Crippen LogP contribution in [0.3, 0.4) is 0 Å². The van der Waals surface area contributed by atoms with E-state index >= 15 is 0 Å². The van der Waals surface area contributed by atoms with Crippen LogP contribution in [0.1, 0.15) is 37.1 Å². The van der Waals surface area contributed by atoms with Gasteiger partial charge in [-0.2, -0.15) is 5.10 Å². The Bertz CT molecular complexity index is 446. The predicted molar refractivity (Wildman–Crippen MR) is 66.7 cm³/mol. The van der Waals surface area contributed by atoms with Gasteiger partial charge in [0.15, 0.2) is 0 Å². The first kappa shape index (κ1) is 12.1. The Labute approximate surface area is 101 Å². The summed E-state index contributed by atoms with van der Waals surface area (Å²) in [6.07, 6.45) is 3.44. The van der Waals surface area contributed by atoms with Crippen LogP contribution >= 0.6 is 0 Å². The maximum absolute atomic E-state index is 11.9. The van der Waals surface area contributed by atoms with E-state index in [9.17, 15) is 4.79 Å². The minimum Gasteiger partial charge on any atom is -0.325 e. The third-order valence-corrected chi connectivity index (χ3v) is 3.64. The van der Waals surface area contributed by atoms with Crippen molar-refractivity contribution in [1.82, 2.24) is 9.78 Å². The Balaban J connectivity index is 2.03. The van der Waals surface area contributed by atoms with Crippen LogP contribution in [0.5, 0.6) is 0 Å². The van der Waals surface area contributed by atoms with E-state index in [4.69, 9.17) is 5.73 Å². The van der Waals surface area contributed by atoms with Crippen molar-refractivity contribution in [2.75, 3.05) is 5.32 Å². The number of aromatic nitrogens is 2. The van der Waals surface area contributed by atoms with Crippen LogP contribution in [-0.4, -0.2) is 21.2 Å². The number of carbonyl (C=O) groups excluding carboxylic acids is 1. The molecule has 1 aliphatic carbocycles. The molecule has 3 N–H and O–H groups in total. The van der Waals surface area contributed by atoms with Crippen molar-refractivity contribution in [3.63, 3.8) is 0 Å². The SMILES string of the molecule is Cc1nn(C)c(C)c1NC(=O)CC1(N)CCC1. The van der Waals surface area contributed by atoms with Crippen molar-refractivity contribution in [3.05, 3.63) is 11.4 Å². The Morgan fingerprint density at radius 3 is 2.59 bits per heavy atom. The molecule has 1 amide bonds. The number of rotatable bonds is 3. The van der Waals surface area contributed by atoms with Gasteiger partial charge < -0.3 is 11.1 Å². The van der Waals surface area contributed by atoms with E-state index in [2.05, 4.69) is 10.4 Å². The summed E-state index contributed by atoms with van der Waals surface area (Å²) in [5.74, 6) is -0.00796. The topological polar surface area (TPSA) is 72.9 Å². The molecule has 0 saturated heterocycles. The number of nitrogens with two attached hydrogens (primary N) is 1. The summed E-state index contributed by atoms with van der Waals surface area (Å²) >= 11 is 0. The van der Waals surface area contributed by atoms with Crippen LogP contribution in [-0.2, 0) is 11.8 Å². The Kier molecular flexibility index (Phi) is 2.95. The molecule has 2 rings (SSSR count). The molecule has 0 bridgehead atoms. The molecule has 1 aromatic heterocycles. The summed E-state index contributed by atoms with van der Waals surface area (Å²) in [6, 6.07) is 0. The lowest BCUT2D eigenvalue weighted by atomic mass is 9.75. The number of nitrogens with zero attached hydrogens (tertiary/aromatic N) is 2. The van der Waals surface area contributed by atoms with Gasteiger partial charge in [-0.3, -0.25) is 9.48 Å². The Morgan fingerprint density at radius 2 is 2.18 bits per heavy atom. The van der Waals surface area contributed by atoms with Crippen LogP contribution in [0.2, 0.25) is 0 Å². The van der Waals surface area contributed by atoms with Gasteiger partial charge >= 0.3 is 0 Å². The maximum Gasteiger partial charge on any atom is 0.226 e. The van der Waals surface area contributed by atoms with Gasteiger partial charge in [-0.1, -0.05) is 0 Å². The molecule has 0 aliphatic heterocycles. The largest absolute Gasteiger partial charge is 0.325 e. The molecule has 0 spiro atoms. The Morgan fingerprint density at radius 1 is 1.53 bits per heavy atom. The van der Waals surface area contributed by atoms with Gasteiger partial charge in [0.05, 0.1) is 17.1 Å². The van der Waals surface area contributed by atoms with E-state index < -0.39 is 0 Å². The molecule has 17 heavy (non-hydrogen) atoms. The minimum absolute atomic E-state index is 0.00796. The summed E-state index contributed by atoms with van der Waals surface area (Å²) in [4.78, 5) is 11.9.